The second-order valence-corrected chi connectivity index (χ2v) is 5.88. The van der Waals surface area contributed by atoms with Crippen LogP contribution in [0.2, 0.25) is 0 Å². The van der Waals surface area contributed by atoms with Crippen molar-refractivity contribution >= 4 is 5.78 Å². The Hall–Kier alpha value is -0.840. The SMILES string of the molecule is C=C(C)C(=O)CC(CC(C)C)CC(C)(O)C(F)(F)F. The number of hydrogen-bond acceptors (Lipinski definition) is 2. The smallest absolute Gasteiger partial charge is 0.381 e. The molecule has 0 amide bonds. The first-order valence-corrected chi connectivity index (χ1v) is 6.34. The van der Waals surface area contributed by atoms with E-state index in [0.29, 0.717) is 12.0 Å². The van der Waals surface area contributed by atoms with Gasteiger partial charge in [-0.3, -0.25) is 4.79 Å². The molecule has 0 heterocycles. The standard InChI is InChI=1S/C14H23F3O2/c1-9(2)6-11(7-12(18)10(3)4)8-13(5,19)14(15,16)17/h9,11,19H,3,6-8H2,1-2,4-5H3. The van der Waals surface area contributed by atoms with Crippen molar-refractivity contribution in [1.29, 1.82) is 0 Å². The lowest BCUT2D eigenvalue weighted by Gasteiger charge is -2.31. The predicted molar refractivity (Wildman–Crippen MR) is 68.7 cm³/mol. The zero-order valence-corrected chi connectivity index (χ0v) is 12.0. The number of hydrogen-bond donors (Lipinski definition) is 1. The minimum absolute atomic E-state index is 0.000255. The van der Waals surface area contributed by atoms with Crippen molar-refractivity contribution in [3.63, 3.8) is 0 Å². The number of ketones is 1. The summed E-state index contributed by atoms with van der Waals surface area (Å²) < 4.78 is 38.0. The first kappa shape index (κ1) is 18.2. The van der Waals surface area contributed by atoms with Gasteiger partial charge in [0.05, 0.1) is 0 Å². The average molecular weight is 280 g/mol. The van der Waals surface area contributed by atoms with E-state index in [1.165, 1.54) is 6.92 Å². The second kappa shape index (κ2) is 6.55. The Bertz CT molecular complexity index is 330. The van der Waals surface area contributed by atoms with E-state index in [2.05, 4.69) is 6.58 Å². The molecule has 0 rings (SSSR count). The molecule has 0 aromatic rings. The molecular formula is C14H23F3O2. The van der Waals surface area contributed by atoms with Crippen LogP contribution in [0, 0.1) is 11.8 Å². The van der Waals surface area contributed by atoms with Gasteiger partial charge in [-0.15, -0.1) is 0 Å². The van der Waals surface area contributed by atoms with Crippen LogP contribution in [0.25, 0.3) is 0 Å². The van der Waals surface area contributed by atoms with E-state index in [1.807, 2.05) is 13.8 Å². The highest BCUT2D eigenvalue weighted by atomic mass is 19.4. The first-order chi connectivity index (χ1) is 8.36. The van der Waals surface area contributed by atoms with Crippen LogP contribution in [0.1, 0.15) is 47.0 Å². The van der Waals surface area contributed by atoms with Gasteiger partial charge < -0.3 is 5.11 Å². The van der Waals surface area contributed by atoms with E-state index in [-0.39, 0.29) is 18.1 Å². The van der Waals surface area contributed by atoms with Crippen LogP contribution in [0.3, 0.4) is 0 Å². The Kier molecular flexibility index (Phi) is 6.26. The molecule has 0 aromatic heterocycles. The summed E-state index contributed by atoms with van der Waals surface area (Å²) in [5.74, 6) is -0.587. The van der Waals surface area contributed by atoms with E-state index in [4.69, 9.17) is 0 Å². The van der Waals surface area contributed by atoms with Crippen molar-refractivity contribution in [1.82, 2.24) is 0 Å². The molecule has 2 unspecified atom stereocenters. The van der Waals surface area contributed by atoms with Crippen molar-refractivity contribution in [2.75, 3.05) is 0 Å². The average Bonchev–Trinajstić information content (AvgIpc) is 2.13. The molecule has 5 heteroatoms. The van der Waals surface area contributed by atoms with Gasteiger partial charge in [-0.25, -0.2) is 0 Å². The molecule has 2 nitrogen and oxygen atoms in total. The number of allylic oxidation sites excluding steroid dienone is 1. The maximum Gasteiger partial charge on any atom is 0.416 e. The molecule has 0 fully saturated rings. The Labute approximate surface area is 112 Å². The molecule has 0 spiro atoms. The molecule has 0 saturated carbocycles. The Morgan fingerprint density at radius 1 is 1.32 bits per heavy atom. The summed E-state index contributed by atoms with van der Waals surface area (Å²) in [5.41, 5.74) is -2.43. The normalized spacial score (nSPS) is 17.1. The van der Waals surface area contributed by atoms with E-state index < -0.39 is 24.1 Å². The van der Waals surface area contributed by atoms with Gasteiger partial charge in [-0.1, -0.05) is 20.4 Å². The fourth-order valence-electron chi connectivity index (χ4n) is 2.02. The minimum atomic E-state index is -4.69. The third-order valence-corrected chi connectivity index (χ3v) is 3.05. The maximum absolute atomic E-state index is 12.7. The van der Waals surface area contributed by atoms with Gasteiger partial charge in [0.25, 0.3) is 0 Å². The van der Waals surface area contributed by atoms with Crippen LogP contribution in [0.15, 0.2) is 12.2 Å². The predicted octanol–water partition coefficient (Wildman–Crippen LogP) is 3.89. The Morgan fingerprint density at radius 2 is 1.79 bits per heavy atom. The zero-order valence-electron chi connectivity index (χ0n) is 12.0. The molecule has 0 aromatic carbocycles. The van der Waals surface area contributed by atoms with Crippen LogP contribution in [-0.2, 0) is 4.79 Å². The van der Waals surface area contributed by atoms with Crippen LogP contribution in [-0.4, -0.2) is 22.7 Å². The van der Waals surface area contributed by atoms with Gasteiger partial charge >= 0.3 is 6.18 Å². The molecule has 112 valence electrons. The summed E-state index contributed by atoms with van der Waals surface area (Å²) in [6.45, 7) is 9.54. The van der Waals surface area contributed by atoms with Gasteiger partial charge in [-0.05, 0) is 44.1 Å². The van der Waals surface area contributed by atoms with Crippen LogP contribution in [0.4, 0.5) is 13.2 Å². The van der Waals surface area contributed by atoms with Gasteiger partial charge in [0, 0.05) is 6.42 Å². The molecule has 0 radical (unpaired) electrons. The van der Waals surface area contributed by atoms with E-state index >= 15 is 0 Å². The highest BCUT2D eigenvalue weighted by Gasteiger charge is 2.50. The molecule has 2 atom stereocenters. The second-order valence-electron chi connectivity index (χ2n) is 5.88. The lowest BCUT2D eigenvalue weighted by Crippen LogP contribution is -2.44. The summed E-state index contributed by atoms with van der Waals surface area (Å²) >= 11 is 0. The summed E-state index contributed by atoms with van der Waals surface area (Å²) in [7, 11) is 0. The lowest BCUT2D eigenvalue weighted by atomic mass is 9.82. The van der Waals surface area contributed by atoms with Crippen LogP contribution in [0.5, 0.6) is 0 Å². The Balaban J connectivity index is 4.87. The van der Waals surface area contributed by atoms with Crippen molar-refractivity contribution in [2.45, 2.75) is 58.7 Å². The number of aliphatic hydroxyl groups is 1. The highest BCUT2D eigenvalue weighted by Crippen LogP contribution is 2.37. The van der Waals surface area contributed by atoms with Gasteiger partial charge in [0.1, 0.15) is 0 Å². The largest absolute Gasteiger partial charge is 0.416 e. The van der Waals surface area contributed by atoms with Crippen molar-refractivity contribution in [3.05, 3.63) is 12.2 Å². The fraction of sp³-hybridized carbons (Fsp3) is 0.786. The molecule has 19 heavy (non-hydrogen) atoms. The molecule has 0 aliphatic rings. The van der Waals surface area contributed by atoms with Crippen molar-refractivity contribution < 1.29 is 23.1 Å². The van der Waals surface area contributed by atoms with E-state index in [1.54, 1.807) is 0 Å². The van der Waals surface area contributed by atoms with Crippen molar-refractivity contribution in [3.8, 4) is 0 Å². The summed E-state index contributed by atoms with van der Waals surface area (Å²) in [5, 5.41) is 9.53. The minimum Gasteiger partial charge on any atom is -0.381 e. The number of alkyl halides is 3. The molecule has 0 bridgehead atoms. The molecule has 1 N–H and O–H groups in total. The summed E-state index contributed by atoms with van der Waals surface area (Å²) in [6.07, 6.45) is -4.69. The number of carbonyl (C=O) groups excluding carboxylic acids is 1. The van der Waals surface area contributed by atoms with Crippen molar-refractivity contribution in [2.24, 2.45) is 11.8 Å². The Morgan fingerprint density at radius 3 is 2.11 bits per heavy atom. The molecule has 0 aliphatic heterocycles. The summed E-state index contributed by atoms with van der Waals surface area (Å²) in [6, 6.07) is 0. The fourth-order valence-corrected chi connectivity index (χ4v) is 2.02. The topological polar surface area (TPSA) is 37.3 Å². The van der Waals surface area contributed by atoms with Gasteiger partial charge in [-0.2, -0.15) is 13.2 Å². The third kappa shape index (κ3) is 6.23. The summed E-state index contributed by atoms with van der Waals surface area (Å²) in [4.78, 5) is 11.6. The number of carbonyl (C=O) groups is 1. The molecule has 0 aliphatic carbocycles. The van der Waals surface area contributed by atoms with E-state index in [0.717, 1.165) is 6.92 Å². The molecular weight excluding hydrogens is 257 g/mol. The first-order valence-electron chi connectivity index (χ1n) is 6.34. The number of halogens is 3. The number of Topliss-reactive ketones (excluding diaryl/α,β-unsaturated/α-hetero) is 1. The monoisotopic (exact) mass is 280 g/mol. The van der Waals surface area contributed by atoms with Gasteiger partial charge in [0.2, 0.25) is 0 Å². The maximum atomic E-state index is 12.7. The van der Waals surface area contributed by atoms with Gasteiger partial charge in [0.15, 0.2) is 11.4 Å². The number of rotatable bonds is 7. The molecule has 0 saturated heterocycles. The van der Waals surface area contributed by atoms with Crippen LogP contribution >= 0.6 is 0 Å². The quantitative estimate of drug-likeness (QED) is 0.718. The third-order valence-electron chi connectivity index (χ3n) is 3.05. The highest BCUT2D eigenvalue weighted by molar-refractivity contribution is 5.94. The lowest BCUT2D eigenvalue weighted by molar-refractivity contribution is -0.258. The van der Waals surface area contributed by atoms with Crippen LogP contribution < -0.4 is 0 Å². The zero-order chi connectivity index (χ0) is 15.4. The van der Waals surface area contributed by atoms with E-state index in [9.17, 15) is 23.1 Å².